The van der Waals surface area contributed by atoms with Gasteiger partial charge in [0.2, 0.25) is 10.0 Å². The first-order valence-corrected chi connectivity index (χ1v) is 12.0. The average Bonchev–Trinajstić information content (AvgIpc) is 2.82. The molecule has 3 rings (SSSR count). The quantitative estimate of drug-likeness (QED) is 0.351. The summed E-state index contributed by atoms with van der Waals surface area (Å²) in [4.78, 5) is 12.0. The Hall–Kier alpha value is -3.58. The number of hydrogen-bond acceptors (Lipinski definition) is 4. The van der Waals surface area contributed by atoms with Gasteiger partial charge < -0.3 is 10.1 Å². The van der Waals surface area contributed by atoms with Crippen molar-refractivity contribution in [1.82, 2.24) is 4.72 Å². The van der Waals surface area contributed by atoms with Gasteiger partial charge in [0.25, 0.3) is 5.91 Å². The van der Waals surface area contributed by atoms with E-state index in [9.17, 15) is 39.6 Å². The maximum absolute atomic E-state index is 13.0. The Morgan fingerprint density at radius 3 is 1.92 bits per heavy atom. The van der Waals surface area contributed by atoms with E-state index in [4.69, 9.17) is 4.74 Å². The number of rotatable bonds is 8. The van der Waals surface area contributed by atoms with Gasteiger partial charge in [-0.2, -0.15) is 26.3 Å². The molecule has 0 heterocycles. The summed E-state index contributed by atoms with van der Waals surface area (Å²) in [5, 5.41) is 1.94. The van der Waals surface area contributed by atoms with Crippen molar-refractivity contribution in [1.29, 1.82) is 0 Å². The third-order valence-electron chi connectivity index (χ3n) is 5.01. The maximum atomic E-state index is 13.0. The van der Waals surface area contributed by atoms with Gasteiger partial charge in [-0.15, -0.1) is 0 Å². The minimum Gasteiger partial charge on any atom is -0.484 e. The first-order chi connectivity index (χ1) is 17.1. The standard InChI is InChI=1S/C24H20F6N2O4S/c1-15(16-5-3-2-4-6-16)32-37(34,35)21-9-7-20(8-10-21)36-14-22(33)31-19-12-17(23(25,26)27)11-18(13-19)24(28,29)30/h2-13,15,32H,14H2,1H3,(H,31,33). The van der Waals surface area contributed by atoms with Crippen LogP contribution in [-0.2, 0) is 27.2 Å². The fourth-order valence-corrected chi connectivity index (χ4v) is 4.43. The smallest absolute Gasteiger partial charge is 0.416 e. The Morgan fingerprint density at radius 2 is 1.41 bits per heavy atom. The summed E-state index contributed by atoms with van der Waals surface area (Å²) in [5.41, 5.74) is -3.12. The lowest BCUT2D eigenvalue weighted by Gasteiger charge is -2.15. The summed E-state index contributed by atoms with van der Waals surface area (Å²) in [6, 6.07) is 14.0. The number of halogens is 6. The van der Waals surface area contributed by atoms with Crippen LogP contribution in [0, 0.1) is 0 Å². The number of carbonyl (C=O) groups is 1. The summed E-state index contributed by atoms with van der Waals surface area (Å²) < 4.78 is 111. The normalized spacial score (nSPS) is 13.2. The van der Waals surface area contributed by atoms with Gasteiger partial charge in [0, 0.05) is 11.7 Å². The van der Waals surface area contributed by atoms with E-state index in [1.54, 1.807) is 37.3 Å². The highest BCUT2D eigenvalue weighted by molar-refractivity contribution is 7.89. The van der Waals surface area contributed by atoms with Gasteiger partial charge >= 0.3 is 12.4 Å². The molecule has 1 amide bonds. The number of anilines is 1. The Balaban J connectivity index is 1.63. The molecule has 0 aromatic heterocycles. The number of amides is 1. The Labute approximate surface area is 208 Å². The van der Waals surface area contributed by atoms with Crippen molar-refractivity contribution in [2.24, 2.45) is 0 Å². The molecule has 0 spiro atoms. The van der Waals surface area contributed by atoms with Gasteiger partial charge in [-0.05, 0) is 55.0 Å². The molecule has 13 heteroatoms. The minimum atomic E-state index is -5.06. The van der Waals surface area contributed by atoms with Crippen molar-refractivity contribution in [2.45, 2.75) is 30.2 Å². The van der Waals surface area contributed by atoms with Crippen LogP contribution in [0.15, 0.2) is 77.7 Å². The summed E-state index contributed by atoms with van der Waals surface area (Å²) in [6.07, 6.45) is -10.1. The highest BCUT2D eigenvalue weighted by Gasteiger charge is 2.37. The third-order valence-corrected chi connectivity index (χ3v) is 6.56. The van der Waals surface area contributed by atoms with Crippen LogP contribution < -0.4 is 14.8 Å². The Bertz CT molecular complexity index is 1310. The van der Waals surface area contributed by atoms with Crippen LogP contribution >= 0.6 is 0 Å². The van der Waals surface area contributed by atoms with Gasteiger partial charge in [-0.3, -0.25) is 4.79 Å². The second kappa shape index (κ2) is 10.8. The lowest BCUT2D eigenvalue weighted by molar-refractivity contribution is -0.143. The first-order valence-electron chi connectivity index (χ1n) is 10.5. The summed E-state index contributed by atoms with van der Waals surface area (Å²) in [6.45, 7) is 0.915. The third kappa shape index (κ3) is 7.70. The predicted octanol–water partition coefficient (Wildman–Crippen LogP) is 5.78. The average molecular weight is 546 g/mol. The Morgan fingerprint density at radius 1 is 0.865 bits per heavy atom. The van der Waals surface area contributed by atoms with Crippen molar-refractivity contribution in [3.05, 3.63) is 89.5 Å². The number of benzene rings is 3. The van der Waals surface area contributed by atoms with Crippen LogP contribution in [0.4, 0.5) is 32.0 Å². The molecule has 0 radical (unpaired) electrons. The first kappa shape index (κ1) is 28.0. The number of nitrogens with one attached hydrogen (secondary N) is 2. The number of ether oxygens (including phenoxy) is 1. The molecule has 37 heavy (non-hydrogen) atoms. The molecule has 2 N–H and O–H groups in total. The largest absolute Gasteiger partial charge is 0.484 e. The van der Waals surface area contributed by atoms with E-state index in [0.717, 1.165) is 5.56 Å². The number of sulfonamides is 1. The zero-order chi connectivity index (χ0) is 27.4. The van der Waals surface area contributed by atoms with Crippen molar-refractivity contribution in [2.75, 3.05) is 11.9 Å². The van der Waals surface area contributed by atoms with E-state index >= 15 is 0 Å². The molecule has 198 valence electrons. The summed E-state index contributed by atoms with van der Waals surface area (Å²) in [5.74, 6) is -0.979. The minimum absolute atomic E-state index is 0.0465. The zero-order valence-electron chi connectivity index (χ0n) is 19.0. The lowest BCUT2D eigenvalue weighted by Crippen LogP contribution is -2.26. The van der Waals surface area contributed by atoms with Gasteiger partial charge in [0.05, 0.1) is 16.0 Å². The van der Waals surface area contributed by atoms with E-state index in [1.807, 2.05) is 5.32 Å². The molecule has 0 fully saturated rings. The molecule has 0 aliphatic rings. The fourth-order valence-electron chi connectivity index (χ4n) is 3.20. The number of hydrogen-bond donors (Lipinski definition) is 2. The summed E-state index contributed by atoms with van der Waals surface area (Å²) >= 11 is 0. The monoisotopic (exact) mass is 546 g/mol. The van der Waals surface area contributed by atoms with Gasteiger partial charge in [0.15, 0.2) is 6.61 Å². The van der Waals surface area contributed by atoms with Crippen LogP contribution in [0.3, 0.4) is 0 Å². The van der Waals surface area contributed by atoms with E-state index in [0.29, 0.717) is 12.1 Å². The molecule has 0 aliphatic heterocycles. The molecule has 0 bridgehead atoms. The second-order valence-electron chi connectivity index (χ2n) is 7.86. The molecule has 3 aromatic rings. The molecule has 0 saturated carbocycles. The summed E-state index contributed by atoms with van der Waals surface area (Å²) in [7, 11) is -3.90. The second-order valence-corrected chi connectivity index (χ2v) is 9.57. The maximum Gasteiger partial charge on any atom is 0.416 e. The molecule has 1 atom stereocenters. The van der Waals surface area contributed by atoms with E-state index < -0.39 is 57.7 Å². The molecule has 0 aliphatic carbocycles. The van der Waals surface area contributed by atoms with Crippen LogP contribution in [0.25, 0.3) is 0 Å². The van der Waals surface area contributed by atoms with Gasteiger partial charge in [0.1, 0.15) is 5.75 Å². The van der Waals surface area contributed by atoms with Crippen LogP contribution in [0.5, 0.6) is 5.75 Å². The molecule has 3 aromatic carbocycles. The highest BCUT2D eigenvalue weighted by atomic mass is 32.2. The highest BCUT2D eigenvalue weighted by Crippen LogP contribution is 2.37. The molecular weight excluding hydrogens is 526 g/mol. The SMILES string of the molecule is CC(NS(=O)(=O)c1ccc(OCC(=O)Nc2cc(C(F)(F)F)cc(C(F)(F)F)c2)cc1)c1ccccc1. The Kier molecular flexibility index (Phi) is 8.18. The van der Waals surface area contributed by atoms with Crippen molar-refractivity contribution >= 4 is 21.6 Å². The van der Waals surface area contributed by atoms with Crippen molar-refractivity contribution in [3.63, 3.8) is 0 Å². The van der Waals surface area contributed by atoms with Gasteiger partial charge in [-0.1, -0.05) is 30.3 Å². The van der Waals surface area contributed by atoms with E-state index in [1.165, 1.54) is 24.3 Å². The van der Waals surface area contributed by atoms with E-state index in [2.05, 4.69) is 4.72 Å². The molecule has 6 nitrogen and oxygen atoms in total. The molecular formula is C24H20F6N2O4S. The van der Waals surface area contributed by atoms with Crippen molar-refractivity contribution < 1.29 is 44.3 Å². The van der Waals surface area contributed by atoms with Crippen LogP contribution in [0.1, 0.15) is 29.7 Å². The zero-order valence-corrected chi connectivity index (χ0v) is 19.8. The van der Waals surface area contributed by atoms with Crippen LogP contribution in [0.2, 0.25) is 0 Å². The number of alkyl halides is 6. The van der Waals surface area contributed by atoms with Gasteiger partial charge in [-0.25, -0.2) is 13.1 Å². The lowest BCUT2D eigenvalue weighted by atomic mass is 10.1. The topological polar surface area (TPSA) is 84.5 Å². The predicted molar refractivity (Wildman–Crippen MR) is 122 cm³/mol. The van der Waals surface area contributed by atoms with Crippen LogP contribution in [-0.4, -0.2) is 20.9 Å². The molecule has 0 saturated heterocycles. The van der Waals surface area contributed by atoms with E-state index in [-0.39, 0.29) is 16.7 Å². The van der Waals surface area contributed by atoms with Crippen molar-refractivity contribution in [3.8, 4) is 5.75 Å². The number of carbonyl (C=O) groups excluding carboxylic acids is 1. The molecule has 1 unspecified atom stereocenters. The fraction of sp³-hybridized carbons (Fsp3) is 0.208.